The van der Waals surface area contributed by atoms with Gasteiger partial charge >= 0.3 is 0 Å². The first kappa shape index (κ1) is 14.0. The van der Waals surface area contributed by atoms with Crippen LogP contribution < -0.4 is 0 Å². The van der Waals surface area contributed by atoms with E-state index >= 15 is 0 Å². The number of aromatic nitrogens is 3. The first-order valence-electron chi connectivity index (χ1n) is 7.21. The quantitative estimate of drug-likeness (QED) is 0.760. The van der Waals surface area contributed by atoms with Crippen molar-refractivity contribution in [3.05, 3.63) is 11.6 Å². The summed E-state index contributed by atoms with van der Waals surface area (Å²) in [5.41, 5.74) is 0. The predicted octanol–water partition coefficient (Wildman–Crippen LogP) is 4.27. The highest BCUT2D eigenvalue weighted by molar-refractivity contribution is 9.08. The molecule has 1 fully saturated rings. The average Bonchev–Trinajstić information content (AvgIpc) is 2.80. The van der Waals surface area contributed by atoms with Gasteiger partial charge in [-0.15, -0.1) is 10.2 Å². The monoisotopic (exact) mass is 313 g/mol. The number of alkyl halides is 1. The molecule has 0 atom stereocenters. The Hall–Kier alpha value is -0.380. The normalized spacial score (nSPS) is 17.6. The van der Waals surface area contributed by atoms with Gasteiger partial charge in [-0.2, -0.15) is 0 Å². The molecule has 1 heterocycles. The van der Waals surface area contributed by atoms with Crippen LogP contribution in [0.5, 0.6) is 0 Å². The second-order valence-corrected chi connectivity index (χ2v) is 6.23. The second kappa shape index (κ2) is 6.69. The van der Waals surface area contributed by atoms with E-state index in [1.54, 1.807) is 0 Å². The zero-order valence-electron chi connectivity index (χ0n) is 11.5. The van der Waals surface area contributed by atoms with Crippen molar-refractivity contribution in [3.63, 3.8) is 0 Å². The van der Waals surface area contributed by atoms with Gasteiger partial charge in [-0.05, 0) is 26.2 Å². The summed E-state index contributed by atoms with van der Waals surface area (Å²) >= 11 is 3.49. The van der Waals surface area contributed by atoms with Crippen LogP contribution in [-0.2, 0) is 11.8 Å². The highest BCUT2D eigenvalue weighted by Crippen LogP contribution is 2.27. The lowest BCUT2D eigenvalue weighted by Crippen LogP contribution is -2.12. The Bertz CT molecular complexity index is 367. The van der Waals surface area contributed by atoms with Crippen molar-refractivity contribution in [3.8, 4) is 0 Å². The van der Waals surface area contributed by atoms with E-state index in [1.165, 1.54) is 44.3 Å². The molecule has 1 aliphatic carbocycles. The largest absolute Gasteiger partial charge is 0.312 e. The highest BCUT2D eigenvalue weighted by Gasteiger charge is 2.17. The lowest BCUT2D eigenvalue weighted by molar-refractivity contribution is 0.335. The molecule has 1 aliphatic rings. The third kappa shape index (κ3) is 3.34. The summed E-state index contributed by atoms with van der Waals surface area (Å²) in [7, 11) is 0. The van der Waals surface area contributed by atoms with Gasteiger partial charge in [0.2, 0.25) is 0 Å². The minimum Gasteiger partial charge on any atom is -0.312 e. The Kier molecular flexibility index (Phi) is 5.22. The Morgan fingerprint density at radius 3 is 2.44 bits per heavy atom. The Morgan fingerprint density at radius 2 is 1.83 bits per heavy atom. The van der Waals surface area contributed by atoms with Crippen LogP contribution in [-0.4, -0.2) is 14.8 Å². The third-order valence-corrected chi connectivity index (χ3v) is 4.48. The molecular formula is C14H24BrN3. The Balaban J connectivity index is 1.97. The summed E-state index contributed by atoms with van der Waals surface area (Å²) in [6, 6.07) is 0.453. The summed E-state index contributed by atoms with van der Waals surface area (Å²) in [6.45, 7) is 4.42. The molecule has 0 unspecified atom stereocenters. The maximum absolute atomic E-state index is 4.38. The summed E-state index contributed by atoms with van der Waals surface area (Å²) in [4.78, 5) is 0. The van der Waals surface area contributed by atoms with Crippen LogP contribution in [0.4, 0.5) is 0 Å². The summed E-state index contributed by atoms with van der Waals surface area (Å²) in [6.07, 6.45) is 9.49. The fourth-order valence-electron chi connectivity index (χ4n) is 3.03. The first-order valence-corrected chi connectivity index (χ1v) is 8.33. The van der Waals surface area contributed by atoms with Crippen LogP contribution in [0.3, 0.4) is 0 Å². The van der Waals surface area contributed by atoms with E-state index in [-0.39, 0.29) is 0 Å². The predicted molar refractivity (Wildman–Crippen MR) is 77.9 cm³/mol. The number of hydrogen-bond donors (Lipinski definition) is 0. The van der Waals surface area contributed by atoms with Crippen LogP contribution in [0.2, 0.25) is 0 Å². The van der Waals surface area contributed by atoms with E-state index < -0.39 is 0 Å². The SMILES string of the molecule is CC(C)n1c(CBr)nnc1CCC1CCCCC1. The van der Waals surface area contributed by atoms with Crippen LogP contribution in [0.15, 0.2) is 0 Å². The third-order valence-electron chi connectivity index (χ3n) is 3.97. The molecule has 0 spiro atoms. The molecule has 3 nitrogen and oxygen atoms in total. The molecular weight excluding hydrogens is 290 g/mol. The molecule has 18 heavy (non-hydrogen) atoms. The van der Waals surface area contributed by atoms with Crippen molar-refractivity contribution in [2.75, 3.05) is 0 Å². The van der Waals surface area contributed by atoms with Crippen molar-refractivity contribution >= 4 is 15.9 Å². The van der Waals surface area contributed by atoms with E-state index in [4.69, 9.17) is 0 Å². The van der Waals surface area contributed by atoms with Gasteiger partial charge in [-0.25, -0.2) is 0 Å². The van der Waals surface area contributed by atoms with Gasteiger partial charge in [-0.1, -0.05) is 48.0 Å². The molecule has 0 bridgehead atoms. The van der Waals surface area contributed by atoms with Gasteiger partial charge in [0, 0.05) is 12.5 Å². The minimum atomic E-state index is 0.453. The van der Waals surface area contributed by atoms with E-state index in [0.717, 1.165) is 23.5 Å². The van der Waals surface area contributed by atoms with Gasteiger partial charge in [0.15, 0.2) is 0 Å². The summed E-state index contributed by atoms with van der Waals surface area (Å²) < 4.78 is 2.29. The number of nitrogens with zero attached hydrogens (tertiary/aromatic N) is 3. The number of aryl methyl sites for hydroxylation is 1. The number of halogens is 1. The van der Waals surface area contributed by atoms with Gasteiger partial charge < -0.3 is 4.57 Å². The molecule has 102 valence electrons. The minimum absolute atomic E-state index is 0.453. The topological polar surface area (TPSA) is 30.7 Å². The molecule has 0 aliphatic heterocycles. The van der Waals surface area contributed by atoms with Gasteiger partial charge in [0.1, 0.15) is 11.6 Å². The zero-order chi connectivity index (χ0) is 13.0. The standard InChI is InChI=1S/C14H24BrN3/c1-11(2)18-13(16-17-14(18)10-15)9-8-12-6-4-3-5-7-12/h11-12H,3-10H2,1-2H3. The Labute approximate surface area is 118 Å². The molecule has 2 rings (SSSR count). The average molecular weight is 314 g/mol. The molecule has 1 aromatic rings. The molecule has 4 heteroatoms. The molecule has 1 aromatic heterocycles. The van der Waals surface area contributed by atoms with Crippen LogP contribution >= 0.6 is 15.9 Å². The molecule has 0 radical (unpaired) electrons. The van der Waals surface area contributed by atoms with Gasteiger partial charge in [0.05, 0.1) is 5.33 Å². The molecule has 0 amide bonds. The molecule has 0 N–H and O–H groups in total. The van der Waals surface area contributed by atoms with Gasteiger partial charge in [-0.3, -0.25) is 0 Å². The van der Waals surface area contributed by atoms with Crippen molar-refractivity contribution in [1.82, 2.24) is 14.8 Å². The smallest absolute Gasteiger partial charge is 0.143 e. The van der Waals surface area contributed by atoms with Crippen molar-refractivity contribution < 1.29 is 0 Å². The summed E-state index contributed by atoms with van der Waals surface area (Å²) in [5.74, 6) is 3.15. The van der Waals surface area contributed by atoms with Crippen LogP contribution in [0.1, 0.15) is 70.1 Å². The van der Waals surface area contributed by atoms with Gasteiger partial charge in [0.25, 0.3) is 0 Å². The van der Waals surface area contributed by atoms with Crippen LogP contribution in [0, 0.1) is 5.92 Å². The second-order valence-electron chi connectivity index (χ2n) is 5.67. The Morgan fingerprint density at radius 1 is 1.17 bits per heavy atom. The zero-order valence-corrected chi connectivity index (χ0v) is 13.1. The van der Waals surface area contributed by atoms with Crippen molar-refractivity contribution in [1.29, 1.82) is 0 Å². The maximum atomic E-state index is 4.38. The van der Waals surface area contributed by atoms with Crippen molar-refractivity contribution in [2.45, 2.75) is 70.2 Å². The van der Waals surface area contributed by atoms with E-state index in [2.05, 4.69) is 44.5 Å². The molecule has 0 saturated heterocycles. The lowest BCUT2D eigenvalue weighted by atomic mass is 9.86. The van der Waals surface area contributed by atoms with E-state index in [1.807, 2.05) is 0 Å². The summed E-state index contributed by atoms with van der Waals surface area (Å²) in [5, 5.41) is 9.45. The maximum Gasteiger partial charge on any atom is 0.143 e. The fourth-order valence-corrected chi connectivity index (χ4v) is 3.41. The molecule has 1 saturated carbocycles. The number of hydrogen-bond acceptors (Lipinski definition) is 2. The lowest BCUT2D eigenvalue weighted by Gasteiger charge is -2.21. The fraction of sp³-hybridized carbons (Fsp3) is 0.857. The number of rotatable bonds is 5. The van der Waals surface area contributed by atoms with E-state index in [0.29, 0.717) is 6.04 Å². The van der Waals surface area contributed by atoms with Crippen molar-refractivity contribution in [2.24, 2.45) is 5.92 Å². The first-order chi connectivity index (χ1) is 8.72. The highest BCUT2D eigenvalue weighted by atomic mass is 79.9. The molecule has 0 aromatic carbocycles. The van der Waals surface area contributed by atoms with Crippen LogP contribution in [0.25, 0.3) is 0 Å². The van der Waals surface area contributed by atoms with E-state index in [9.17, 15) is 0 Å².